The molecule has 1 aromatic carbocycles. The molecule has 2 rings (SSSR count). The number of hydrogen-bond acceptors (Lipinski definition) is 2. The molecule has 1 aliphatic carbocycles. The highest BCUT2D eigenvalue weighted by Gasteiger charge is 2.26. The van der Waals surface area contributed by atoms with Crippen molar-refractivity contribution in [1.29, 1.82) is 0 Å². The average molecular weight is 297 g/mol. The monoisotopic (exact) mass is 296 g/mol. The van der Waals surface area contributed by atoms with Crippen LogP contribution in [0.3, 0.4) is 0 Å². The van der Waals surface area contributed by atoms with Gasteiger partial charge >= 0.3 is 0 Å². The quantitative estimate of drug-likeness (QED) is 0.821. The van der Waals surface area contributed by atoms with Gasteiger partial charge in [0, 0.05) is 11.7 Å². The standard InChI is InChI=1S/C15H21ClN2S/c1-9-6-7-12(10(2)8-9)18-13-5-3-4-11(16)14(13)15(17)19/h3-5,9-10,12,18H,6-8H2,1-2H3,(H2,17,19). The van der Waals surface area contributed by atoms with E-state index in [1.54, 1.807) is 0 Å². The molecule has 3 N–H and O–H groups in total. The summed E-state index contributed by atoms with van der Waals surface area (Å²) in [5, 5.41) is 4.21. The Morgan fingerprint density at radius 3 is 2.74 bits per heavy atom. The first-order valence-electron chi connectivity index (χ1n) is 6.84. The van der Waals surface area contributed by atoms with Crippen LogP contribution in [-0.2, 0) is 0 Å². The number of thiocarbonyl (C=S) groups is 1. The summed E-state index contributed by atoms with van der Waals surface area (Å²) < 4.78 is 0. The molecule has 2 nitrogen and oxygen atoms in total. The van der Waals surface area contributed by atoms with Crippen molar-refractivity contribution < 1.29 is 0 Å². The summed E-state index contributed by atoms with van der Waals surface area (Å²) in [5.41, 5.74) is 7.52. The lowest BCUT2D eigenvalue weighted by atomic mass is 9.80. The number of hydrogen-bond donors (Lipinski definition) is 2. The van der Waals surface area contributed by atoms with E-state index in [0.29, 0.717) is 22.0 Å². The zero-order valence-electron chi connectivity index (χ0n) is 11.4. The fourth-order valence-corrected chi connectivity index (χ4v) is 3.53. The molecule has 0 radical (unpaired) electrons. The molecule has 1 aliphatic rings. The molecule has 1 fully saturated rings. The summed E-state index contributed by atoms with van der Waals surface area (Å²) in [6.07, 6.45) is 3.72. The predicted molar refractivity (Wildman–Crippen MR) is 86.9 cm³/mol. The van der Waals surface area contributed by atoms with Crippen molar-refractivity contribution in [2.75, 3.05) is 5.32 Å². The Kier molecular flexibility index (Phi) is 4.69. The van der Waals surface area contributed by atoms with Gasteiger partial charge in [0.1, 0.15) is 4.99 Å². The molecule has 3 atom stereocenters. The minimum absolute atomic E-state index is 0.352. The SMILES string of the molecule is CC1CCC(Nc2cccc(Cl)c2C(N)=S)C(C)C1. The highest BCUT2D eigenvalue weighted by Crippen LogP contribution is 2.32. The Hall–Kier alpha value is -0.800. The van der Waals surface area contributed by atoms with E-state index in [2.05, 4.69) is 19.2 Å². The first-order valence-corrected chi connectivity index (χ1v) is 7.62. The molecule has 0 heterocycles. The number of benzene rings is 1. The van der Waals surface area contributed by atoms with Crippen LogP contribution in [0.2, 0.25) is 5.02 Å². The van der Waals surface area contributed by atoms with Crippen molar-refractivity contribution in [1.82, 2.24) is 0 Å². The second kappa shape index (κ2) is 6.10. The van der Waals surface area contributed by atoms with Gasteiger partial charge in [0.15, 0.2) is 0 Å². The van der Waals surface area contributed by atoms with Crippen LogP contribution in [0.5, 0.6) is 0 Å². The van der Waals surface area contributed by atoms with Gasteiger partial charge < -0.3 is 11.1 Å². The molecule has 0 aliphatic heterocycles. The highest BCUT2D eigenvalue weighted by molar-refractivity contribution is 7.80. The summed E-state index contributed by atoms with van der Waals surface area (Å²) in [6.45, 7) is 4.63. The summed E-state index contributed by atoms with van der Waals surface area (Å²) in [7, 11) is 0. The Morgan fingerprint density at radius 2 is 2.11 bits per heavy atom. The molecular formula is C15H21ClN2S. The van der Waals surface area contributed by atoms with E-state index in [4.69, 9.17) is 29.6 Å². The fourth-order valence-electron chi connectivity index (χ4n) is 2.97. The van der Waals surface area contributed by atoms with Crippen LogP contribution in [0.4, 0.5) is 5.69 Å². The second-order valence-electron chi connectivity index (χ2n) is 5.67. The van der Waals surface area contributed by atoms with Crippen LogP contribution in [0, 0.1) is 11.8 Å². The number of nitrogens with one attached hydrogen (secondary N) is 1. The second-order valence-corrected chi connectivity index (χ2v) is 6.52. The smallest absolute Gasteiger partial charge is 0.107 e. The average Bonchev–Trinajstić information content (AvgIpc) is 2.32. The Balaban J connectivity index is 2.19. The molecule has 0 spiro atoms. The fraction of sp³-hybridized carbons (Fsp3) is 0.533. The predicted octanol–water partition coefficient (Wildman–Crippen LogP) is 4.21. The molecule has 0 saturated heterocycles. The molecular weight excluding hydrogens is 276 g/mol. The molecule has 0 amide bonds. The summed E-state index contributed by atoms with van der Waals surface area (Å²) in [6, 6.07) is 6.24. The molecule has 1 aromatic rings. The molecule has 0 bridgehead atoms. The van der Waals surface area contributed by atoms with Crippen molar-refractivity contribution in [3.8, 4) is 0 Å². The van der Waals surface area contributed by atoms with E-state index in [1.165, 1.54) is 19.3 Å². The lowest BCUT2D eigenvalue weighted by molar-refractivity contribution is 0.276. The molecule has 3 unspecified atom stereocenters. The van der Waals surface area contributed by atoms with Crippen LogP contribution in [0.1, 0.15) is 38.7 Å². The van der Waals surface area contributed by atoms with Crippen LogP contribution in [-0.4, -0.2) is 11.0 Å². The van der Waals surface area contributed by atoms with Gasteiger partial charge in [-0.1, -0.05) is 43.7 Å². The number of nitrogens with two attached hydrogens (primary N) is 1. The van der Waals surface area contributed by atoms with Gasteiger partial charge in [-0.3, -0.25) is 0 Å². The van der Waals surface area contributed by atoms with E-state index in [-0.39, 0.29) is 0 Å². The molecule has 19 heavy (non-hydrogen) atoms. The van der Waals surface area contributed by atoms with Crippen molar-refractivity contribution in [3.05, 3.63) is 28.8 Å². The molecule has 1 saturated carbocycles. The first kappa shape index (κ1) is 14.6. The topological polar surface area (TPSA) is 38.0 Å². The minimum atomic E-state index is 0.352. The van der Waals surface area contributed by atoms with Gasteiger partial charge in [-0.15, -0.1) is 0 Å². The zero-order chi connectivity index (χ0) is 14.0. The minimum Gasteiger partial charge on any atom is -0.389 e. The molecule has 0 aromatic heterocycles. The lowest BCUT2D eigenvalue weighted by Gasteiger charge is -2.34. The number of rotatable bonds is 3. The zero-order valence-corrected chi connectivity index (χ0v) is 13.0. The van der Waals surface area contributed by atoms with E-state index < -0.39 is 0 Å². The maximum Gasteiger partial charge on any atom is 0.107 e. The Morgan fingerprint density at radius 1 is 1.37 bits per heavy atom. The van der Waals surface area contributed by atoms with Crippen LogP contribution in [0.25, 0.3) is 0 Å². The van der Waals surface area contributed by atoms with Crippen molar-refractivity contribution in [2.24, 2.45) is 17.6 Å². The summed E-state index contributed by atoms with van der Waals surface area (Å²) in [5.74, 6) is 1.48. The summed E-state index contributed by atoms with van der Waals surface area (Å²) in [4.78, 5) is 0.352. The molecule has 4 heteroatoms. The van der Waals surface area contributed by atoms with Crippen molar-refractivity contribution >= 4 is 34.5 Å². The molecule has 104 valence electrons. The third-order valence-electron chi connectivity index (χ3n) is 4.03. The van der Waals surface area contributed by atoms with E-state index in [1.807, 2.05) is 18.2 Å². The normalized spacial score (nSPS) is 27.0. The summed E-state index contributed by atoms with van der Waals surface area (Å²) >= 11 is 11.3. The van der Waals surface area contributed by atoms with E-state index >= 15 is 0 Å². The highest BCUT2D eigenvalue weighted by atomic mass is 35.5. The third kappa shape index (κ3) is 3.40. The maximum absolute atomic E-state index is 6.19. The number of anilines is 1. The van der Waals surface area contributed by atoms with Gasteiger partial charge in [0.05, 0.1) is 10.6 Å². The van der Waals surface area contributed by atoms with E-state index in [0.717, 1.165) is 17.2 Å². The van der Waals surface area contributed by atoms with Gasteiger partial charge in [-0.2, -0.15) is 0 Å². The van der Waals surface area contributed by atoms with Crippen molar-refractivity contribution in [2.45, 2.75) is 39.2 Å². The Bertz CT molecular complexity index is 475. The van der Waals surface area contributed by atoms with Gasteiger partial charge in [-0.05, 0) is 43.2 Å². The lowest BCUT2D eigenvalue weighted by Crippen LogP contribution is -2.33. The van der Waals surface area contributed by atoms with Gasteiger partial charge in [0.2, 0.25) is 0 Å². The third-order valence-corrected chi connectivity index (χ3v) is 4.55. The van der Waals surface area contributed by atoms with Crippen LogP contribution in [0.15, 0.2) is 18.2 Å². The van der Waals surface area contributed by atoms with Gasteiger partial charge in [-0.25, -0.2) is 0 Å². The van der Waals surface area contributed by atoms with Crippen LogP contribution >= 0.6 is 23.8 Å². The Labute approximate surface area is 125 Å². The van der Waals surface area contributed by atoms with Gasteiger partial charge in [0.25, 0.3) is 0 Å². The maximum atomic E-state index is 6.19. The number of halogens is 1. The largest absolute Gasteiger partial charge is 0.389 e. The van der Waals surface area contributed by atoms with Crippen LogP contribution < -0.4 is 11.1 Å². The van der Waals surface area contributed by atoms with Crippen molar-refractivity contribution in [3.63, 3.8) is 0 Å². The first-order chi connectivity index (χ1) is 8.99. The van der Waals surface area contributed by atoms with E-state index in [9.17, 15) is 0 Å².